The Hall–Kier alpha value is -1.56. The standard InChI is InChI=1S/C17H20F2N2OS/c1-3-10-8-11(17(23)20-9(10)2)4-7-14-21-15-12(18)5-6-13(19)16(15)22-14/h5-6,9-11H,3-4,7-8H2,1-2H3,(H,20,23). The van der Waals surface area contributed by atoms with Crippen LogP contribution in [0.4, 0.5) is 8.78 Å². The summed E-state index contributed by atoms with van der Waals surface area (Å²) in [6.07, 6.45) is 3.43. The summed E-state index contributed by atoms with van der Waals surface area (Å²) in [5.41, 5.74) is -0.145. The predicted octanol–water partition coefficient (Wildman–Crippen LogP) is 4.39. The van der Waals surface area contributed by atoms with Crippen molar-refractivity contribution < 1.29 is 13.2 Å². The number of aryl methyl sites for hydroxylation is 1. The number of halogens is 2. The van der Waals surface area contributed by atoms with Crippen LogP contribution >= 0.6 is 12.2 Å². The molecule has 3 unspecified atom stereocenters. The van der Waals surface area contributed by atoms with Crippen molar-refractivity contribution in [2.75, 3.05) is 0 Å². The summed E-state index contributed by atoms with van der Waals surface area (Å²) in [6, 6.07) is 2.52. The van der Waals surface area contributed by atoms with Crippen molar-refractivity contribution in [1.82, 2.24) is 10.3 Å². The first-order chi connectivity index (χ1) is 11.0. The largest absolute Gasteiger partial charge is 0.437 e. The number of piperidine rings is 1. The first kappa shape index (κ1) is 16.3. The molecule has 0 amide bonds. The van der Waals surface area contributed by atoms with Crippen LogP contribution in [-0.4, -0.2) is 16.0 Å². The third-order valence-electron chi connectivity index (χ3n) is 4.76. The van der Waals surface area contributed by atoms with E-state index >= 15 is 0 Å². The Morgan fingerprint density at radius 3 is 2.78 bits per heavy atom. The SMILES string of the molecule is CCC1CC(CCc2nc3c(F)ccc(F)c3o2)C(=S)NC1C. The fraction of sp³-hybridized carbons (Fsp3) is 0.529. The van der Waals surface area contributed by atoms with E-state index in [0.29, 0.717) is 24.3 Å². The van der Waals surface area contributed by atoms with Crippen LogP contribution < -0.4 is 5.32 Å². The maximum Gasteiger partial charge on any atom is 0.195 e. The Balaban J connectivity index is 1.72. The third-order valence-corrected chi connectivity index (χ3v) is 5.21. The fourth-order valence-electron chi connectivity index (χ4n) is 3.30. The summed E-state index contributed by atoms with van der Waals surface area (Å²) in [5, 5.41) is 3.37. The molecule has 6 heteroatoms. The molecule has 3 rings (SSSR count). The zero-order chi connectivity index (χ0) is 16.6. The van der Waals surface area contributed by atoms with Gasteiger partial charge in [0.15, 0.2) is 23.1 Å². The van der Waals surface area contributed by atoms with E-state index in [1.165, 1.54) is 0 Å². The lowest BCUT2D eigenvalue weighted by Crippen LogP contribution is -2.46. The van der Waals surface area contributed by atoms with Crippen molar-refractivity contribution in [2.45, 2.75) is 45.6 Å². The molecule has 3 nitrogen and oxygen atoms in total. The maximum atomic E-state index is 13.7. The number of benzene rings is 1. The highest BCUT2D eigenvalue weighted by Gasteiger charge is 2.30. The number of nitrogens with one attached hydrogen (secondary N) is 1. The molecule has 0 saturated carbocycles. The lowest BCUT2D eigenvalue weighted by Gasteiger charge is -2.36. The molecule has 0 radical (unpaired) electrons. The molecule has 1 N–H and O–H groups in total. The van der Waals surface area contributed by atoms with Crippen LogP contribution in [0.5, 0.6) is 0 Å². The van der Waals surface area contributed by atoms with E-state index in [4.69, 9.17) is 16.6 Å². The topological polar surface area (TPSA) is 38.1 Å². The van der Waals surface area contributed by atoms with Crippen LogP contribution in [0.25, 0.3) is 11.1 Å². The van der Waals surface area contributed by atoms with Gasteiger partial charge in [-0.05, 0) is 37.8 Å². The summed E-state index contributed by atoms with van der Waals surface area (Å²) in [7, 11) is 0. The van der Waals surface area contributed by atoms with Crippen molar-refractivity contribution in [2.24, 2.45) is 11.8 Å². The van der Waals surface area contributed by atoms with E-state index in [1.807, 2.05) is 0 Å². The Morgan fingerprint density at radius 1 is 1.35 bits per heavy atom. The Bertz CT molecular complexity index is 692. The lowest BCUT2D eigenvalue weighted by molar-refractivity contribution is 0.301. The Morgan fingerprint density at radius 2 is 2.09 bits per heavy atom. The van der Waals surface area contributed by atoms with Gasteiger partial charge in [0.05, 0.1) is 4.99 Å². The normalized spacial score (nSPS) is 24.9. The summed E-state index contributed by atoms with van der Waals surface area (Å²) in [6.45, 7) is 4.34. The van der Waals surface area contributed by atoms with Crippen molar-refractivity contribution >= 4 is 28.3 Å². The van der Waals surface area contributed by atoms with Crippen LogP contribution in [0.2, 0.25) is 0 Å². The first-order valence-electron chi connectivity index (χ1n) is 8.03. The molecule has 0 bridgehead atoms. The average Bonchev–Trinajstić information content (AvgIpc) is 2.96. The molecule has 1 aromatic heterocycles. The molecule has 1 aliphatic heterocycles. The second-order valence-corrected chi connectivity index (χ2v) is 6.69. The summed E-state index contributed by atoms with van der Waals surface area (Å²) >= 11 is 5.44. The molecule has 1 aromatic carbocycles. The van der Waals surface area contributed by atoms with Gasteiger partial charge in [-0.25, -0.2) is 13.8 Å². The third kappa shape index (κ3) is 3.22. The van der Waals surface area contributed by atoms with Gasteiger partial charge in [0.25, 0.3) is 0 Å². The number of fused-ring (bicyclic) bond motifs is 1. The van der Waals surface area contributed by atoms with Crippen LogP contribution in [-0.2, 0) is 6.42 Å². The Kier molecular flexibility index (Phi) is 4.62. The average molecular weight is 338 g/mol. The molecule has 0 spiro atoms. The van der Waals surface area contributed by atoms with Crippen molar-refractivity contribution in [3.05, 3.63) is 29.7 Å². The van der Waals surface area contributed by atoms with E-state index in [9.17, 15) is 8.78 Å². The summed E-state index contributed by atoms with van der Waals surface area (Å²) < 4.78 is 32.7. The summed E-state index contributed by atoms with van der Waals surface area (Å²) in [4.78, 5) is 4.96. The highest BCUT2D eigenvalue weighted by atomic mass is 32.1. The van der Waals surface area contributed by atoms with Gasteiger partial charge < -0.3 is 9.73 Å². The van der Waals surface area contributed by atoms with E-state index in [2.05, 4.69) is 24.1 Å². The molecule has 1 aliphatic rings. The zero-order valence-electron chi connectivity index (χ0n) is 13.2. The van der Waals surface area contributed by atoms with Gasteiger partial charge >= 0.3 is 0 Å². The van der Waals surface area contributed by atoms with Crippen LogP contribution in [0.3, 0.4) is 0 Å². The first-order valence-corrected chi connectivity index (χ1v) is 8.44. The lowest BCUT2D eigenvalue weighted by atomic mass is 9.81. The second kappa shape index (κ2) is 6.51. The van der Waals surface area contributed by atoms with Crippen molar-refractivity contribution in [3.8, 4) is 0 Å². The molecule has 2 heterocycles. The number of hydrogen-bond donors (Lipinski definition) is 1. The number of oxazole rings is 1. The maximum absolute atomic E-state index is 13.7. The number of hydrogen-bond acceptors (Lipinski definition) is 3. The molecular weight excluding hydrogens is 318 g/mol. The quantitative estimate of drug-likeness (QED) is 0.839. The van der Waals surface area contributed by atoms with Gasteiger partial charge in [-0.3, -0.25) is 0 Å². The molecular formula is C17H20F2N2OS. The zero-order valence-corrected chi connectivity index (χ0v) is 14.1. The van der Waals surface area contributed by atoms with E-state index in [1.54, 1.807) is 0 Å². The minimum Gasteiger partial charge on any atom is -0.437 e. The van der Waals surface area contributed by atoms with Crippen molar-refractivity contribution in [3.63, 3.8) is 0 Å². The van der Waals surface area contributed by atoms with Gasteiger partial charge in [-0.1, -0.05) is 25.6 Å². The van der Waals surface area contributed by atoms with Gasteiger partial charge in [-0.2, -0.15) is 0 Å². The minimum absolute atomic E-state index is 0.0376. The highest BCUT2D eigenvalue weighted by Crippen LogP contribution is 2.29. The number of aromatic nitrogens is 1. The van der Waals surface area contributed by atoms with E-state index in [-0.39, 0.29) is 17.0 Å². The summed E-state index contributed by atoms with van der Waals surface area (Å²) in [5.74, 6) is 0.0561. The molecule has 124 valence electrons. The molecule has 2 aromatic rings. The Labute approximate surface area is 139 Å². The molecule has 23 heavy (non-hydrogen) atoms. The van der Waals surface area contributed by atoms with E-state index in [0.717, 1.165) is 36.4 Å². The van der Waals surface area contributed by atoms with Gasteiger partial charge in [0.1, 0.15) is 5.52 Å². The van der Waals surface area contributed by atoms with Crippen molar-refractivity contribution in [1.29, 1.82) is 0 Å². The van der Waals surface area contributed by atoms with Crippen LogP contribution in [0, 0.1) is 23.5 Å². The number of thiocarbonyl (C=S) groups is 1. The predicted molar refractivity (Wildman–Crippen MR) is 89.3 cm³/mol. The monoisotopic (exact) mass is 338 g/mol. The van der Waals surface area contributed by atoms with Crippen LogP contribution in [0.1, 0.15) is 39.0 Å². The second-order valence-electron chi connectivity index (χ2n) is 6.25. The molecule has 1 saturated heterocycles. The van der Waals surface area contributed by atoms with Gasteiger partial charge in [0, 0.05) is 18.4 Å². The molecule has 1 fully saturated rings. The van der Waals surface area contributed by atoms with Gasteiger partial charge in [-0.15, -0.1) is 0 Å². The molecule has 3 atom stereocenters. The highest BCUT2D eigenvalue weighted by molar-refractivity contribution is 7.80. The van der Waals surface area contributed by atoms with E-state index < -0.39 is 11.6 Å². The smallest absolute Gasteiger partial charge is 0.195 e. The molecule has 0 aliphatic carbocycles. The van der Waals surface area contributed by atoms with Crippen LogP contribution in [0.15, 0.2) is 16.5 Å². The number of rotatable bonds is 4. The fourth-order valence-corrected chi connectivity index (χ4v) is 3.70. The number of nitrogens with zero attached hydrogens (tertiary/aromatic N) is 1. The van der Waals surface area contributed by atoms with Gasteiger partial charge in [0.2, 0.25) is 0 Å². The minimum atomic E-state index is -0.588.